The van der Waals surface area contributed by atoms with Gasteiger partial charge in [0.25, 0.3) is 0 Å². The summed E-state index contributed by atoms with van der Waals surface area (Å²) in [5.74, 6) is 2.15. The predicted octanol–water partition coefficient (Wildman–Crippen LogP) is 5.30. The van der Waals surface area contributed by atoms with E-state index in [0.29, 0.717) is 23.5 Å². The number of aliphatic hydroxyl groups excluding tert-OH is 1. The maximum atomic E-state index is 11.2. The number of phenols is 1. The fourth-order valence-electron chi connectivity index (χ4n) is 6.33. The van der Waals surface area contributed by atoms with Gasteiger partial charge in [-0.2, -0.15) is 0 Å². The van der Waals surface area contributed by atoms with E-state index in [9.17, 15) is 10.2 Å². The molecule has 3 aliphatic carbocycles. The molecule has 2 fully saturated rings. The minimum absolute atomic E-state index is 0.00377. The van der Waals surface area contributed by atoms with Gasteiger partial charge in [0.15, 0.2) is 0 Å². The Bertz CT molecular complexity index is 884. The zero-order chi connectivity index (χ0) is 18.6. The number of aromatic hydroxyl groups is 1. The summed E-state index contributed by atoms with van der Waals surface area (Å²) in [6.45, 7) is 2.32. The van der Waals surface area contributed by atoms with Crippen LogP contribution in [0.15, 0.2) is 54.1 Å². The molecule has 3 aliphatic rings. The van der Waals surface area contributed by atoms with Crippen molar-refractivity contribution in [2.45, 2.75) is 51.0 Å². The Morgan fingerprint density at radius 3 is 2.70 bits per heavy atom. The number of rotatable bonds is 1. The van der Waals surface area contributed by atoms with Crippen molar-refractivity contribution in [3.05, 3.63) is 70.8 Å². The highest BCUT2D eigenvalue weighted by atomic mass is 16.3. The summed E-state index contributed by atoms with van der Waals surface area (Å²) in [5, 5.41) is 21.1. The summed E-state index contributed by atoms with van der Waals surface area (Å²) < 4.78 is 0. The van der Waals surface area contributed by atoms with Crippen LogP contribution in [-0.4, -0.2) is 16.3 Å². The molecule has 0 radical (unpaired) electrons. The third-order valence-electron chi connectivity index (χ3n) is 7.73. The van der Waals surface area contributed by atoms with Crippen molar-refractivity contribution in [1.29, 1.82) is 0 Å². The second-order valence-electron chi connectivity index (χ2n) is 9.08. The molecule has 2 heteroatoms. The molecule has 0 aromatic heterocycles. The number of hydrogen-bond acceptors (Lipinski definition) is 2. The molecule has 140 valence electrons. The fraction of sp³-hybridized carbons (Fsp3) is 0.440. The molecule has 0 aliphatic heterocycles. The van der Waals surface area contributed by atoms with E-state index in [2.05, 4.69) is 43.3 Å². The van der Waals surface area contributed by atoms with E-state index in [1.165, 1.54) is 28.7 Å². The zero-order valence-electron chi connectivity index (χ0n) is 15.9. The van der Waals surface area contributed by atoms with Crippen LogP contribution in [0, 0.1) is 17.3 Å². The van der Waals surface area contributed by atoms with Crippen LogP contribution in [0.25, 0.3) is 6.08 Å². The van der Waals surface area contributed by atoms with Crippen LogP contribution in [0.5, 0.6) is 5.75 Å². The van der Waals surface area contributed by atoms with Gasteiger partial charge in [-0.25, -0.2) is 0 Å². The van der Waals surface area contributed by atoms with Crippen LogP contribution in [0.1, 0.15) is 55.2 Å². The first-order valence-corrected chi connectivity index (χ1v) is 10.3. The molecule has 27 heavy (non-hydrogen) atoms. The van der Waals surface area contributed by atoms with Crippen molar-refractivity contribution in [2.75, 3.05) is 0 Å². The highest BCUT2D eigenvalue weighted by Gasteiger charge is 2.56. The average Bonchev–Trinajstić information content (AvgIpc) is 2.93. The Balaban J connectivity index is 1.49. The van der Waals surface area contributed by atoms with E-state index in [1.807, 2.05) is 18.2 Å². The normalized spacial score (nSPS) is 36.1. The number of benzene rings is 2. The smallest absolute Gasteiger partial charge is 0.115 e. The maximum absolute atomic E-state index is 11.2. The lowest BCUT2D eigenvalue weighted by Gasteiger charge is -2.49. The summed E-state index contributed by atoms with van der Waals surface area (Å²) in [6, 6.07) is 16.4. The number of aliphatic hydroxyl groups is 1. The van der Waals surface area contributed by atoms with Gasteiger partial charge >= 0.3 is 0 Å². The van der Waals surface area contributed by atoms with E-state index >= 15 is 0 Å². The van der Waals surface area contributed by atoms with Gasteiger partial charge in [0.05, 0.1) is 6.10 Å². The molecule has 0 bridgehead atoms. The lowest BCUT2D eigenvalue weighted by Crippen LogP contribution is -2.44. The number of phenolic OH excluding ortho intramolecular Hbond substituents is 1. The lowest BCUT2D eigenvalue weighted by atomic mass is 9.55. The maximum Gasteiger partial charge on any atom is 0.115 e. The summed E-state index contributed by atoms with van der Waals surface area (Å²) in [7, 11) is 0. The van der Waals surface area contributed by atoms with Gasteiger partial charge in [0.1, 0.15) is 5.75 Å². The fourth-order valence-corrected chi connectivity index (χ4v) is 6.33. The first kappa shape index (κ1) is 17.1. The molecule has 0 spiro atoms. The quantitative estimate of drug-likeness (QED) is 0.724. The Kier molecular flexibility index (Phi) is 3.94. The number of fused-ring (bicyclic) bond motifs is 5. The van der Waals surface area contributed by atoms with Crippen molar-refractivity contribution in [3.63, 3.8) is 0 Å². The van der Waals surface area contributed by atoms with Crippen LogP contribution >= 0.6 is 0 Å². The highest BCUT2D eigenvalue weighted by molar-refractivity contribution is 5.55. The molecule has 2 nitrogen and oxygen atoms in total. The van der Waals surface area contributed by atoms with Crippen molar-refractivity contribution >= 4 is 6.08 Å². The summed E-state index contributed by atoms with van der Waals surface area (Å²) >= 11 is 0. The third-order valence-corrected chi connectivity index (χ3v) is 7.73. The van der Waals surface area contributed by atoms with Gasteiger partial charge < -0.3 is 10.2 Å². The second kappa shape index (κ2) is 6.24. The zero-order valence-corrected chi connectivity index (χ0v) is 15.9. The summed E-state index contributed by atoms with van der Waals surface area (Å²) in [6.07, 6.45) is 7.35. The molecule has 5 rings (SSSR count). The van der Waals surface area contributed by atoms with E-state index in [4.69, 9.17) is 0 Å². The van der Waals surface area contributed by atoms with E-state index in [0.717, 1.165) is 25.7 Å². The topological polar surface area (TPSA) is 40.5 Å². The van der Waals surface area contributed by atoms with Crippen LogP contribution < -0.4 is 0 Å². The van der Waals surface area contributed by atoms with Crippen molar-refractivity contribution in [1.82, 2.24) is 0 Å². The number of hydrogen-bond donors (Lipinski definition) is 2. The van der Waals surface area contributed by atoms with Crippen LogP contribution in [0.4, 0.5) is 0 Å². The van der Waals surface area contributed by atoms with Crippen LogP contribution in [0.3, 0.4) is 0 Å². The molecule has 2 aromatic rings. The molecular formula is C25H28O2. The van der Waals surface area contributed by atoms with Crippen molar-refractivity contribution < 1.29 is 10.2 Å². The largest absolute Gasteiger partial charge is 0.508 e. The highest BCUT2D eigenvalue weighted by Crippen LogP contribution is 2.62. The third kappa shape index (κ3) is 2.65. The van der Waals surface area contributed by atoms with E-state index < -0.39 is 0 Å². The Hall–Kier alpha value is -2.06. The summed E-state index contributed by atoms with van der Waals surface area (Å²) in [4.78, 5) is 0. The standard InChI is InChI=1S/C25H28O2/c1-25-12-11-21-20-10-8-19(26)14-17(20)7-9-22(21)23(25)15-18(24(25)27)13-16-5-3-2-4-6-16/h2-6,8,10,13-14,21-24,26-27H,7,9,11-12,15H2,1H3/b18-13+/t21-,22+,23+,24-,25+/m1/s1. The monoisotopic (exact) mass is 360 g/mol. The Morgan fingerprint density at radius 1 is 1.07 bits per heavy atom. The van der Waals surface area contributed by atoms with Gasteiger partial charge in [-0.3, -0.25) is 0 Å². The van der Waals surface area contributed by atoms with Crippen molar-refractivity contribution in [3.8, 4) is 5.75 Å². The molecule has 0 unspecified atom stereocenters. The van der Waals surface area contributed by atoms with E-state index in [-0.39, 0.29) is 11.5 Å². The predicted molar refractivity (Wildman–Crippen MR) is 109 cm³/mol. The van der Waals surface area contributed by atoms with Crippen LogP contribution in [-0.2, 0) is 6.42 Å². The van der Waals surface area contributed by atoms with Crippen LogP contribution in [0.2, 0.25) is 0 Å². The molecule has 0 saturated heterocycles. The van der Waals surface area contributed by atoms with Gasteiger partial charge in [0, 0.05) is 5.41 Å². The molecule has 2 aromatic carbocycles. The van der Waals surface area contributed by atoms with Gasteiger partial charge in [-0.1, -0.05) is 49.4 Å². The number of aryl methyl sites for hydroxylation is 1. The van der Waals surface area contributed by atoms with Crippen molar-refractivity contribution in [2.24, 2.45) is 17.3 Å². The molecule has 0 heterocycles. The molecule has 2 N–H and O–H groups in total. The summed E-state index contributed by atoms with van der Waals surface area (Å²) in [5.41, 5.74) is 5.18. The Morgan fingerprint density at radius 2 is 1.89 bits per heavy atom. The van der Waals surface area contributed by atoms with E-state index in [1.54, 1.807) is 0 Å². The van der Waals surface area contributed by atoms with Gasteiger partial charge in [-0.15, -0.1) is 0 Å². The first-order chi connectivity index (χ1) is 13.1. The van der Waals surface area contributed by atoms with Gasteiger partial charge in [-0.05, 0) is 84.3 Å². The molecular weight excluding hydrogens is 332 g/mol. The molecule has 2 saturated carbocycles. The van der Waals surface area contributed by atoms with Gasteiger partial charge in [0.2, 0.25) is 0 Å². The lowest BCUT2D eigenvalue weighted by molar-refractivity contribution is -0.0158. The minimum Gasteiger partial charge on any atom is -0.508 e. The first-order valence-electron chi connectivity index (χ1n) is 10.3. The Labute approximate surface area is 161 Å². The second-order valence-corrected chi connectivity index (χ2v) is 9.08. The average molecular weight is 360 g/mol. The SMILES string of the molecule is C[C@]12CC[C@@H]3c4ccc(O)cc4CC[C@@H]3[C@@H]1C/C(=C\c1ccccc1)[C@H]2O. The minimum atomic E-state index is -0.329. The molecule has 0 amide bonds. The molecule has 5 atom stereocenters.